The van der Waals surface area contributed by atoms with Crippen molar-refractivity contribution in [1.82, 2.24) is 10.3 Å². The van der Waals surface area contributed by atoms with E-state index < -0.39 is 0 Å². The number of rotatable bonds is 4. The predicted molar refractivity (Wildman–Crippen MR) is 74.6 cm³/mol. The zero-order chi connectivity index (χ0) is 12.5. The number of hydrogen-bond acceptors (Lipinski definition) is 3. The summed E-state index contributed by atoms with van der Waals surface area (Å²) in [4.78, 5) is 4.86. The Balaban J connectivity index is 2.15. The highest BCUT2D eigenvalue weighted by Crippen LogP contribution is 2.39. The molecule has 0 aliphatic heterocycles. The van der Waals surface area contributed by atoms with E-state index in [1.807, 2.05) is 11.3 Å². The maximum absolute atomic E-state index is 4.86. The summed E-state index contributed by atoms with van der Waals surface area (Å²) in [6, 6.07) is 0.495. The fraction of sp³-hybridized carbons (Fsp3) is 0.786. The van der Waals surface area contributed by atoms with Gasteiger partial charge in [0, 0.05) is 10.8 Å². The second-order valence-corrected chi connectivity index (χ2v) is 6.94. The van der Waals surface area contributed by atoms with Gasteiger partial charge in [0.15, 0.2) is 0 Å². The minimum Gasteiger partial charge on any atom is -0.308 e. The second kappa shape index (κ2) is 5.07. The van der Waals surface area contributed by atoms with Gasteiger partial charge in [-0.1, -0.05) is 34.1 Å². The Hall–Kier alpha value is -0.410. The molecule has 3 heteroatoms. The molecular formula is C14H24N2S. The van der Waals surface area contributed by atoms with Crippen LogP contribution in [0.5, 0.6) is 0 Å². The quantitative estimate of drug-likeness (QED) is 0.879. The Morgan fingerprint density at radius 1 is 1.47 bits per heavy atom. The molecule has 2 nitrogen and oxygen atoms in total. The lowest BCUT2D eigenvalue weighted by molar-refractivity contribution is 0.232. The minimum absolute atomic E-state index is 0.172. The highest BCUT2D eigenvalue weighted by Gasteiger charge is 2.30. The van der Waals surface area contributed by atoms with Gasteiger partial charge in [-0.05, 0) is 25.3 Å². The third-order valence-electron chi connectivity index (χ3n) is 3.60. The van der Waals surface area contributed by atoms with Gasteiger partial charge >= 0.3 is 0 Å². The largest absolute Gasteiger partial charge is 0.308 e. The lowest BCUT2D eigenvalue weighted by atomic mass is 9.80. The molecule has 1 aliphatic carbocycles. The SMILES string of the molecule is CCNC(c1nc(C(C)(C)C)cs1)C1CCC1. The molecule has 1 aromatic heterocycles. The van der Waals surface area contributed by atoms with E-state index in [4.69, 9.17) is 4.98 Å². The molecule has 0 bridgehead atoms. The van der Waals surface area contributed by atoms with Crippen molar-refractivity contribution in [2.75, 3.05) is 6.54 Å². The summed E-state index contributed by atoms with van der Waals surface area (Å²) in [5, 5.41) is 7.14. The summed E-state index contributed by atoms with van der Waals surface area (Å²) in [7, 11) is 0. The molecule has 0 saturated heterocycles. The summed E-state index contributed by atoms with van der Waals surface area (Å²) in [5.41, 5.74) is 1.41. The van der Waals surface area contributed by atoms with Crippen LogP contribution in [0, 0.1) is 5.92 Å². The van der Waals surface area contributed by atoms with Crippen LogP contribution >= 0.6 is 11.3 Å². The van der Waals surface area contributed by atoms with Crippen LogP contribution in [0.2, 0.25) is 0 Å². The van der Waals surface area contributed by atoms with Gasteiger partial charge < -0.3 is 5.32 Å². The number of nitrogens with one attached hydrogen (secondary N) is 1. The molecule has 17 heavy (non-hydrogen) atoms. The number of hydrogen-bond donors (Lipinski definition) is 1. The Labute approximate surface area is 109 Å². The first-order valence-electron chi connectivity index (χ1n) is 6.71. The van der Waals surface area contributed by atoms with Crippen molar-refractivity contribution in [3.63, 3.8) is 0 Å². The van der Waals surface area contributed by atoms with E-state index in [0.29, 0.717) is 6.04 Å². The van der Waals surface area contributed by atoms with Crippen LogP contribution < -0.4 is 5.32 Å². The van der Waals surface area contributed by atoms with Crippen LogP contribution in [0.25, 0.3) is 0 Å². The Morgan fingerprint density at radius 2 is 2.18 bits per heavy atom. The highest BCUT2D eigenvalue weighted by molar-refractivity contribution is 7.09. The van der Waals surface area contributed by atoms with Gasteiger partial charge in [-0.25, -0.2) is 4.98 Å². The van der Waals surface area contributed by atoms with E-state index in [1.165, 1.54) is 30.0 Å². The van der Waals surface area contributed by atoms with E-state index in [1.54, 1.807) is 0 Å². The molecule has 2 rings (SSSR count). The topological polar surface area (TPSA) is 24.9 Å². The van der Waals surface area contributed by atoms with Gasteiger partial charge in [0.1, 0.15) is 5.01 Å². The number of thiazole rings is 1. The molecule has 1 N–H and O–H groups in total. The van der Waals surface area contributed by atoms with Crippen LogP contribution in [0.4, 0.5) is 0 Å². The molecule has 0 radical (unpaired) electrons. The van der Waals surface area contributed by atoms with Crippen LogP contribution in [-0.2, 0) is 5.41 Å². The van der Waals surface area contributed by atoms with E-state index in [9.17, 15) is 0 Å². The van der Waals surface area contributed by atoms with Crippen molar-refractivity contribution in [3.8, 4) is 0 Å². The van der Waals surface area contributed by atoms with E-state index >= 15 is 0 Å². The zero-order valence-electron chi connectivity index (χ0n) is 11.4. The molecular weight excluding hydrogens is 228 g/mol. The summed E-state index contributed by atoms with van der Waals surface area (Å²) in [6.07, 6.45) is 4.12. The fourth-order valence-electron chi connectivity index (χ4n) is 2.22. The summed E-state index contributed by atoms with van der Waals surface area (Å²) in [6.45, 7) is 9.92. The van der Waals surface area contributed by atoms with Crippen molar-refractivity contribution in [1.29, 1.82) is 0 Å². The van der Waals surface area contributed by atoms with Crippen molar-refractivity contribution in [2.24, 2.45) is 5.92 Å². The predicted octanol–water partition coefficient (Wildman–Crippen LogP) is 3.89. The Bertz CT molecular complexity index is 361. The maximum Gasteiger partial charge on any atom is 0.110 e. The summed E-state index contributed by atoms with van der Waals surface area (Å²) >= 11 is 1.83. The summed E-state index contributed by atoms with van der Waals surface area (Å²) < 4.78 is 0. The molecule has 96 valence electrons. The van der Waals surface area contributed by atoms with Crippen LogP contribution in [0.3, 0.4) is 0 Å². The average Bonchev–Trinajstić information content (AvgIpc) is 2.61. The van der Waals surface area contributed by atoms with Crippen LogP contribution in [0.15, 0.2) is 5.38 Å². The Morgan fingerprint density at radius 3 is 2.59 bits per heavy atom. The van der Waals surface area contributed by atoms with Gasteiger partial charge in [-0.3, -0.25) is 0 Å². The molecule has 0 spiro atoms. The molecule has 1 saturated carbocycles. The number of nitrogens with zero attached hydrogens (tertiary/aromatic N) is 1. The lowest BCUT2D eigenvalue weighted by Crippen LogP contribution is -2.32. The van der Waals surface area contributed by atoms with Gasteiger partial charge in [0.05, 0.1) is 11.7 Å². The molecule has 0 amide bonds. The maximum atomic E-state index is 4.86. The van der Waals surface area contributed by atoms with Gasteiger partial charge in [0.25, 0.3) is 0 Å². The van der Waals surface area contributed by atoms with E-state index in [-0.39, 0.29) is 5.41 Å². The number of aromatic nitrogens is 1. The first-order chi connectivity index (χ1) is 8.02. The van der Waals surface area contributed by atoms with E-state index in [2.05, 4.69) is 38.4 Å². The summed E-state index contributed by atoms with van der Waals surface area (Å²) in [5.74, 6) is 0.814. The minimum atomic E-state index is 0.172. The third kappa shape index (κ3) is 2.89. The lowest BCUT2D eigenvalue weighted by Gasteiger charge is -2.33. The average molecular weight is 252 g/mol. The standard InChI is InChI=1S/C14H24N2S/c1-5-15-12(10-7-6-8-10)13-16-11(9-17-13)14(2,3)4/h9-10,12,15H,5-8H2,1-4H3. The highest BCUT2D eigenvalue weighted by atomic mass is 32.1. The van der Waals surface area contributed by atoms with Crippen molar-refractivity contribution in [3.05, 3.63) is 16.1 Å². The molecule has 1 fully saturated rings. The van der Waals surface area contributed by atoms with E-state index in [0.717, 1.165) is 12.5 Å². The molecule has 1 aliphatic rings. The van der Waals surface area contributed by atoms with Gasteiger partial charge in [-0.2, -0.15) is 0 Å². The first kappa shape index (κ1) is 13.0. The fourth-order valence-corrected chi connectivity index (χ4v) is 3.44. The third-order valence-corrected chi connectivity index (χ3v) is 4.53. The molecule has 1 atom stereocenters. The van der Waals surface area contributed by atoms with Gasteiger partial charge in [-0.15, -0.1) is 11.3 Å². The smallest absolute Gasteiger partial charge is 0.110 e. The Kier molecular flexibility index (Phi) is 3.88. The van der Waals surface area contributed by atoms with Gasteiger partial charge in [0.2, 0.25) is 0 Å². The normalized spacial score (nSPS) is 19.1. The molecule has 1 unspecified atom stereocenters. The molecule has 1 aromatic rings. The molecule has 0 aromatic carbocycles. The van der Waals surface area contributed by atoms with Crippen LogP contribution in [-0.4, -0.2) is 11.5 Å². The van der Waals surface area contributed by atoms with Crippen LogP contribution in [0.1, 0.15) is 63.7 Å². The van der Waals surface area contributed by atoms with Crippen molar-refractivity contribution >= 4 is 11.3 Å². The second-order valence-electron chi connectivity index (χ2n) is 6.05. The molecule has 1 heterocycles. The zero-order valence-corrected chi connectivity index (χ0v) is 12.2. The first-order valence-corrected chi connectivity index (χ1v) is 7.59. The monoisotopic (exact) mass is 252 g/mol. The van der Waals surface area contributed by atoms with Crippen molar-refractivity contribution < 1.29 is 0 Å². The van der Waals surface area contributed by atoms with Crippen molar-refractivity contribution in [2.45, 2.75) is 58.4 Å².